The van der Waals surface area contributed by atoms with Crippen LogP contribution in [0, 0.1) is 6.92 Å². The Hall–Kier alpha value is -3.08. The van der Waals surface area contributed by atoms with E-state index in [4.69, 9.17) is 10.5 Å². The molecular formula is C18H17N3O2. The van der Waals surface area contributed by atoms with Gasteiger partial charge < -0.3 is 10.5 Å². The fraction of sp³-hybridized carbons (Fsp3) is 0.111. The predicted molar refractivity (Wildman–Crippen MR) is 89.1 cm³/mol. The van der Waals surface area contributed by atoms with Crippen LogP contribution < -0.4 is 10.5 Å². The van der Waals surface area contributed by atoms with Gasteiger partial charge >= 0.3 is 0 Å². The number of nitrogens with two attached hydrogens (primary N) is 1. The molecule has 0 saturated carbocycles. The number of methoxy groups -OCH3 is 1. The first kappa shape index (κ1) is 14.8. The first-order valence-electron chi connectivity index (χ1n) is 7.19. The molecule has 5 heteroatoms. The Kier molecular flexibility index (Phi) is 3.85. The molecule has 2 N–H and O–H groups in total. The van der Waals surface area contributed by atoms with Gasteiger partial charge in [-0.05, 0) is 43.3 Å². The number of ether oxygens (including phenoxy) is 1. The van der Waals surface area contributed by atoms with E-state index in [1.54, 1.807) is 42.3 Å². The average Bonchev–Trinajstić information content (AvgIpc) is 2.96. The number of carbonyl (C=O) groups excluding carboxylic acids is 1. The van der Waals surface area contributed by atoms with E-state index in [-0.39, 0.29) is 11.6 Å². The molecule has 0 spiro atoms. The van der Waals surface area contributed by atoms with Crippen molar-refractivity contribution in [3.63, 3.8) is 0 Å². The quantitative estimate of drug-likeness (QED) is 0.752. The van der Waals surface area contributed by atoms with Gasteiger partial charge in [-0.1, -0.05) is 17.7 Å². The SMILES string of the molecule is COc1ccc(C(=O)c2c(N)ncn2-c2ccc(C)cc2)cc1. The molecule has 1 heterocycles. The summed E-state index contributed by atoms with van der Waals surface area (Å²) in [5.41, 5.74) is 8.81. The number of aryl methyl sites for hydroxylation is 1. The highest BCUT2D eigenvalue weighted by molar-refractivity contribution is 6.11. The topological polar surface area (TPSA) is 70.1 Å². The Balaban J connectivity index is 2.03. The van der Waals surface area contributed by atoms with Crippen LogP contribution in [0.15, 0.2) is 54.9 Å². The van der Waals surface area contributed by atoms with Crippen LogP contribution in [0.3, 0.4) is 0 Å². The van der Waals surface area contributed by atoms with Crippen molar-refractivity contribution in [2.45, 2.75) is 6.92 Å². The van der Waals surface area contributed by atoms with Gasteiger partial charge in [-0.3, -0.25) is 9.36 Å². The van der Waals surface area contributed by atoms with Crippen LogP contribution in [0.4, 0.5) is 5.82 Å². The second-order valence-electron chi connectivity index (χ2n) is 5.24. The Morgan fingerprint density at radius 2 is 1.74 bits per heavy atom. The zero-order valence-corrected chi connectivity index (χ0v) is 13.0. The van der Waals surface area contributed by atoms with Crippen LogP contribution in [0.25, 0.3) is 5.69 Å². The van der Waals surface area contributed by atoms with Crippen molar-refractivity contribution in [2.75, 3.05) is 12.8 Å². The highest BCUT2D eigenvalue weighted by Gasteiger charge is 2.19. The summed E-state index contributed by atoms with van der Waals surface area (Å²) < 4.78 is 6.82. The van der Waals surface area contributed by atoms with Crippen molar-refractivity contribution >= 4 is 11.6 Å². The van der Waals surface area contributed by atoms with Gasteiger partial charge in [-0.25, -0.2) is 4.98 Å². The molecule has 0 unspecified atom stereocenters. The second kappa shape index (κ2) is 5.96. The number of rotatable bonds is 4. The number of carbonyl (C=O) groups is 1. The lowest BCUT2D eigenvalue weighted by Gasteiger charge is -2.09. The standard InChI is InChI=1S/C18H17N3O2/c1-12-3-7-14(8-4-12)21-11-20-18(19)16(21)17(22)13-5-9-15(23-2)10-6-13/h3-11H,19H2,1-2H3. The van der Waals surface area contributed by atoms with Crippen LogP contribution >= 0.6 is 0 Å². The lowest BCUT2D eigenvalue weighted by atomic mass is 10.1. The highest BCUT2D eigenvalue weighted by Crippen LogP contribution is 2.22. The zero-order chi connectivity index (χ0) is 16.4. The van der Waals surface area contributed by atoms with Crippen molar-refractivity contribution in [3.05, 3.63) is 71.7 Å². The Bertz CT molecular complexity index is 834. The maximum absolute atomic E-state index is 12.8. The molecule has 23 heavy (non-hydrogen) atoms. The van der Waals surface area contributed by atoms with Gasteiger partial charge in [0.05, 0.1) is 7.11 Å². The molecule has 0 aliphatic heterocycles. The second-order valence-corrected chi connectivity index (χ2v) is 5.24. The van der Waals surface area contributed by atoms with Gasteiger partial charge in [0.25, 0.3) is 0 Å². The fourth-order valence-corrected chi connectivity index (χ4v) is 2.37. The number of benzene rings is 2. The van der Waals surface area contributed by atoms with Crippen LogP contribution in [0.5, 0.6) is 5.75 Å². The van der Waals surface area contributed by atoms with E-state index in [9.17, 15) is 4.79 Å². The predicted octanol–water partition coefficient (Wildman–Crippen LogP) is 3.00. The van der Waals surface area contributed by atoms with Gasteiger partial charge in [-0.15, -0.1) is 0 Å². The zero-order valence-electron chi connectivity index (χ0n) is 13.0. The largest absolute Gasteiger partial charge is 0.497 e. The summed E-state index contributed by atoms with van der Waals surface area (Å²) in [6.45, 7) is 2.01. The molecule has 0 saturated heterocycles. The summed E-state index contributed by atoms with van der Waals surface area (Å²) in [6, 6.07) is 14.7. The van der Waals surface area contributed by atoms with Crippen molar-refractivity contribution in [1.29, 1.82) is 0 Å². The molecule has 3 rings (SSSR count). The summed E-state index contributed by atoms with van der Waals surface area (Å²) in [7, 11) is 1.58. The maximum Gasteiger partial charge on any atom is 0.213 e. The lowest BCUT2D eigenvalue weighted by molar-refractivity contribution is 0.103. The van der Waals surface area contributed by atoms with Crippen molar-refractivity contribution in [2.24, 2.45) is 0 Å². The molecule has 0 radical (unpaired) electrons. The highest BCUT2D eigenvalue weighted by atomic mass is 16.5. The van der Waals surface area contributed by atoms with Crippen molar-refractivity contribution in [1.82, 2.24) is 9.55 Å². The minimum atomic E-state index is -0.178. The number of anilines is 1. The van der Waals surface area contributed by atoms with Crippen LogP contribution in [-0.2, 0) is 0 Å². The smallest absolute Gasteiger partial charge is 0.213 e. The number of hydrogen-bond donors (Lipinski definition) is 1. The molecule has 0 aliphatic rings. The van der Waals surface area contributed by atoms with Crippen LogP contribution in [-0.4, -0.2) is 22.4 Å². The number of aromatic nitrogens is 2. The van der Waals surface area contributed by atoms with Gasteiger partial charge in [0, 0.05) is 11.3 Å². The van der Waals surface area contributed by atoms with E-state index in [0.717, 1.165) is 11.3 Å². The Labute approximate surface area is 134 Å². The minimum absolute atomic E-state index is 0.178. The van der Waals surface area contributed by atoms with Crippen LogP contribution in [0.1, 0.15) is 21.6 Å². The maximum atomic E-state index is 12.8. The summed E-state index contributed by atoms with van der Waals surface area (Å²) in [5, 5.41) is 0. The number of imidazole rings is 1. The molecule has 5 nitrogen and oxygen atoms in total. The summed E-state index contributed by atoms with van der Waals surface area (Å²) >= 11 is 0. The lowest BCUT2D eigenvalue weighted by Crippen LogP contribution is -2.11. The van der Waals surface area contributed by atoms with Crippen LogP contribution in [0.2, 0.25) is 0 Å². The summed E-state index contributed by atoms with van der Waals surface area (Å²) in [6.07, 6.45) is 1.57. The third-order valence-electron chi connectivity index (χ3n) is 3.68. The van der Waals surface area contributed by atoms with E-state index in [1.807, 2.05) is 31.2 Å². The molecule has 0 amide bonds. The van der Waals surface area contributed by atoms with Gasteiger partial charge in [0.2, 0.25) is 5.78 Å². The van der Waals surface area contributed by atoms with Gasteiger partial charge in [0.1, 0.15) is 17.8 Å². The van der Waals surface area contributed by atoms with E-state index >= 15 is 0 Å². The number of ketones is 1. The molecule has 0 atom stereocenters. The molecular weight excluding hydrogens is 290 g/mol. The Morgan fingerprint density at radius 1 is 1.09 bits per heavy atom. The van der Waals surface area contributed by atoms with Gasteiger partial charge in [-0.2, -0.15) is 0 Å². The number of nitrogens with zero attached hydrogens (tertiary/aromatic N) is 2. The Morgan fingerprint density at radius 3 is 2.35 bits per heavy atom. The first-order chi connectivity index (χ1) is 11.1. The summed E-state index contributed by atoms with van der Waals surface area (Å²) in [5.74, 6) is 0.733. The molecule has 116 valence electrons. The molecule has 3 aromatic rings. The van der Waals surface area contributed by atoms with Crippen molar-refractivity contribution < 1.29 is 9.53 Å². The van der Waals surface area contributed by atoms with E-state index < -0.39 is 0 Å². The third kappa shape index (κ3) is 2.81. The minimum Gasteiger partial charge on any atom is -0.497 e. The molecule has 0 fully saturated rings. The first-order valence-corrected chi connectivity index (χ1v) is 7.19. The van der Waals surface area contributed by atoms with Crippen molar-refractivity contribution in [3.8, 4) is 11.4 Å². The van der Waals surface area contributed by atoms with Gasteiger partial charge in [0.15, 0.2) is 5.82 Å². The third-order valence-corrected chi connectivity index (χ3v) is 3.68. The normalized spacial score (nSPS) is 10.5. The fourth-order valence-electron chi connectivity index (χ4n) is 2.37. The van der Waals surface area contributed by atoms with E-state index in [0.29, 0.717) is 17.0 Å². The number of nitrogen functional groups attached to an aromatic ring is 1. The molecule has 1 aromatic heterocycles. The molecule has 2 aromatic carbocycles. The van der Waals surface area contributed by atoms with E-state index in [2.05, 4.69) is 4.98 Å². The molecule has 0 bridgehead atoms. The monoisotopic (exact) mass is 307 g/mol. The molecule has 0 aliphatic carbocycles. The number of hydrogen-bond acceptors (Lipinski definition) is 4. The van der Waals surface area contributed by atoms with E-state index in [1.165, 1.54) is 0 Å². The summed E-state index contributed by atoms with van der Waals surface area (Å²) in [4.78, 5) is 16.9. The average molecular weight is 307 g/mol.